The largest absolute Gasteiger partial charge is 0.472 e. The van der Waals surface area contributed by atoms with E-state index in [1.807, 2.05) is 0 Å². The van der Waals surface area contributed by atoms with E-state index in [9.17, 15) is 39.8 Å². The molecule has 1 aliphatic carbocycles. The van der Waals surface area contributed by atoms with Gasteiger partial charge in [-0.1, -0.05) is 179 Å². The van der Waals surface area contributed by atoms with E-state index in [1.54, 1.807) is 0 Å². The first-order valence-electron chi connectivity index (χ1n) is 25.7. The third-order valence-corrected chi connectivity index (χ3v) is 13.0. The Morgan fingerprint density at radius 1 is 0.492 bits per heavy atom. The quantitative estimate of drug-likeness (QED) is 0.0147. The summed E-state index contributed by atoms with van der Waals surface area (Å²) in [5, 5.41) is 50.3. The molecule has 0 aliphatic heterocycles. The normalized spacial score (nSPS) is 22.0. The van der Waals surface area contributed by atoms with Crippen molar-refractivity contribution in [3.8, 4) is 0 Å². The average molecular weight is 919 g/mol. The van der Waals surface area contributed by atoms with Crippen LogP contribution in [0.25, 0.3) is 0 Å². The molecule has 63 heavy (non-hydrogen) atoms. The molecule has 0 spiro atoms. The molecule has 12 nitrogen and oxygen atoms in total. The van der Waals surface area contributed by atoms with Gasteiger partial charge in [-0.15, -0.1) is 0 Å². The molecule has 0 aromatic carbocycles. The zero-order valence-corrected chi connectivity index (χ0v) is 40.8. The molecule has 13 heteroatoms. The number of aliphatic hydroxyl groups is 5. The number of unbranched alkanes of at least 4 members (excludes halogenated alkanes) is 28. The van der Waals surface area contributed by atoms with E-state index in [0.717, 1.165) is 51.4 Å². The Kier molecular flexibility index (Phi) is 39.0. The second-order valence-corrected chi connectivity index (χ2v) is 19.4. The molecule has 0 radical (unpaired) electrons. The van der Waals surface area contributed by atoms with E-state index < -0.39 is 63.1 Å². The van der Waals surface area contributed by atoms with Crippen molar-refractivity contribution >= 4 is 13.8 Å². The highest BCUT2D eigenvalue weighted by Gasteiger charge is 2.51. The Labute approximate surface area is 383 Å². The highest BCUT2D eigenvalue weighted by Crippen LogP contribution is 2.47. The SMILES string of the molecule is CCCCCCCC/C=C\CCCCCCCCCCCC(=O)OC(COCCCCCCCC/C=C\CCCCCCCCC)COP(=O)(O)OC1C(O)C(O)C(O)C(O)C1O. The molecule has 1 saturated carbocycles. The second kappa shape index (κ2) is 41.0. The second-order valence-electron chi connectivity index (χ2n) is 18.0. The number of ether oxygens (including phenoxy) is 2. The van der Waals surface area contributed by atoms with Crippen LogP contribution in [0.3, 0.4) is 0 Å². The number of hydrogen-bond acceptors (Lipinski definition) is 11. The standard InChI is InChI=1S/C50H95O12P/c1-3-5-7-9-11-13-15-17-19-21-22-23-25-27-29-31-33-35-37-39-44(51)61-43(42-60-63(57,58)62-50-48(55)46(53)45(52)47(54)49(50)56)41-59-40-38-36-34-32-30-28-26-24-20-18-16-14-12-10-8-6-4-2/h17,19-20,24,43,45-50,52-56H,3-16,18,21-23,25-42H2,1-2H3,(H,57,58)/b19-17-,24-20-. The van der Waals surface area contributed by atoms with Gasteiger partial charge in [0.05, 0.1) is 13.2 Å². The third kappa shape index (κ3) is 33.0. The summed E-state index contributed by atoms with van der Waals surface area (Å²) in [6.07, 6.45) is 35.3. The van der Waals surface area contributed by atoms with Gasteiger partial charge in [0, 0.05) is 13.0 Å². The lowest BCUT2D eigenvalue weighted by Gasteiger charge is -2.41. The van der Waals surface area contributed by atoms with Gasteiger partial charge in [-0.3, -0.25) is 13.8 Å². The highest BCUT2D eigenvalue weighted by atomic mass is 31.2. The Morgan fingerprint density at radius 2 is 0.841 bits per heavy atom. The number of carbonyl (C=O) groups excluding carboxylic acids is 1. The molecule has 1 fully saturated rings. The first kappa shape index (κ1) is 59.8. The maximum absolute atomic E-state index is 12.8. The summed E-state index contributed by atoms with van der Waals surface area (Å²) < 4.78 is 34.3. The Morgan fingerprint density at radius 3 is 1.25 bits per heavy atom. The first-order chi connectivity index (χ1) is 30.5. The van der Waals surface area contributed by atoms with Gasteiger partial charge >= 0.3 is 13.8 Å². The summed E-state index contributed by atoms with van der Waals surface area (Å²) in [5.41, 5.74) is 0. The van der Waals surface area contributed by atoms with Gasteiger partial charge in [0.25, 0.3) is 0 Å². The summed E-state index contributed by atoms with van der Waals surface area (Å²) >= 11 is 0. The molecule has 1 rings (SSSR count). The lowest BCUT2D eigenvalue weighted by Crippen LogP contribution is -2.64. The summed E-state index contributed by atoms with van der Waals surface area (Å²) in [6, 6.07) is 0. The van der Waals surface area contributed by atoms with E-state index in [2.05, 4.69) is 38.2 Å². The van der Waals surface area contributed by atoms with Gasteiger partial charge < -0.3 is 39.9 Å². The van der Waals surface area contributed by atoms with Crippen LogP contribution in [0.4, 0.5) is 0 Å². The molecule has 0 aromatic heterocycles. The van der Waals surface area contributed by atoms with Crippen molar-refractivity contribution in [1.82, 2.24) is 0 Å². The number of hydrogen-bond donors (Lipinski definition) is 6. The van der Waals surface area contributed by atoms with Gasteiger partial charge in [0.2, 0.25) is 0 Å². The fraction of sp³-hybridized carbons (Fsp3) is 0.900. The monoisotopic (exact) mass is 919 g/mol. The minimum absolute atomic E-state index is 0.0787. The third-order valence-electron chi connectivity index (χ3n) is 12.0. The summed E-state index contributed by atoms with van der Waals surface area (Å²) in [5.74, 6) is -0.479. The molecule has 0 bridgehead atoms. The van der Waals surface area contributed by atoms with Crippen LogP contribution in [0.15, 0.2) is 24.3 Å². The summed E-state index contributed by atoms with van der Waals surface area (Å²) in [7, 11) is -5.02. The smallest absolute Gasteiger partial charge is 0.457 e. The van der Waals surface area contributed by atoms with Gasteiger partial charge in [0.1, 0.15) is 42.7 Å². The molecule has 1 aliphatic rings. The van der Waals surface area contributed by atoms with Crippen LogP contribution in [0.5, 0.6) is 0 Å². The zero-order chi connectivity index (χ0) is 46.2. The molecule has 6 N–H and O–H groups in total. The van der Waals surface area contributed by atoms with Crippen LogP contribution < -0.4 is 0 Å². The van der Waals surface area contributed by atoms with E-state index in [4.69, 9.17) is 18.5 Å². The lowest BCUT2D eigenvalue weighted by molar-refractivity contribution is -0.220. The number of allylic oxidation sites excluding steroid dienone is 4. The van der Waals surface area contributed by atoms with Crippen LogP contribution in [0.2, 0.25) is 0 Å². The Balaban J connectivity index is 2.35. The molecule has 0 saturated heterocycles. The number of aliphatic hydroxyl groups excluding tert-OH is 5. The van der Waals surface area contributed by atoms with Gasteiger partial charge in [-0.2, -0.15) is 0 Å². The molecule has 6 atom stereocenters. The number of esters is 1. The number of carbonyl (C=O) groups is 1. The van der Waals surface area contributed by atoms with E-state index in [-0.39, 0.29) is 13.0 Å². The van der Waals surface area contributed by atoms with Crippen molar-refractivity contribution < 1.29 is 58.3 Å². The predicted molar refractivity (Wildman–Crippen MR) is 253 cm³/mol. The predicted octanol–water partition coefficient (Wildman–Crippen LogP) is 11.3. The van der Waals surface area contributed by atoms with Crippen LogP contribution in [-0.2, 0) is 27.9 Å². The molecule has 0 amide bonds. The van der Waals surface area contributed by atoms with E-state index in [1.165, 1.54) is 148 Å². The average Bonchev–Trinajstić information content (AvgIpc) is 3.27. The lowest BCUT2D eigenvalue weighted by atomic mass is 9.85. The van der Waals surface area contributed by atoms with Crippen molar-refractivity contribution in [2.45, 2.75) is 268 Å². The molecule has 0 aromatic rings. The maximum atomic E-state index is 12.8. The number of phosphoric acid groups is 1. The zero-order valence-electron chi connectivity index (χ0n) is 39.9. The van der Waals surface area contributed by atoms with Crippen LogP contribution in [0.1, 0.15) is 226 Å². The topological polar surface area (TPSA) is 192 Å². The number of phosphoric ester groups is 1. The Hall–Kier alpha value is -1.18. The molecule has 372 valence electrons. The fourth-order valence-corrected chi connectivity index (χ4v) is 8.91. The number of rotatable bonds is 44. The minimum atomic E-state index is -5.02. The summed E-state index contributed by atoms with van der Waals surface area (Å²) in [6.45, 7) is 4.27. The van der Waals surface area contributed by atoms with Crippen LogP contribution >= 0.6 is 7.82 Å². The van der Waals surface area contributed by atoms with E-state index in [0.29, 0.717) is 13.0 Å². The van der Waals surface area contributed by atoms with Crippen molar-refractivity contribution in [3.05, 3.63) is 24.3 Å². The minimum Gasteiger partial charge on any atom is -0.457 e. The molecule has 0 heterocycles. The van der Waals surface area contributed by atoms with Crippen molar-refractivity contribution in [3.63, 3.8) is 0 Å². The maximum Gasteiger partial charge on any atom is 0.472 e. The van der Waals surface area contributed by atoms with Crippen molar-refractivity contribution in [1.29, 1.82) is 0 Å². The van der Waals surface area contributed by atoms with Crippen molar-refractivity contribution in [2.24, 2.45) is 0 Å². The highest BCUT2D eigenvalue weighted by molar-refractivity contribution is 7.47. The molecule has 6 unspecified atom stereocenters. The van der Waals surface area contributed by atoms with Crippen molar-refractivity contribution in [2.75, 3.05) is 19.8 Å². The van der Waals surface area contributed by atoms with Gasteiger partial charge in [-0.25, -0.2) is 4.57 Å². The van der Waals surface area contributed by atoms with E-state index >= 15 is 0 Å². The van der Waals surface area contributed by atoms with Crippen LogP contribution in [-0.4, -0.2) is 98.9 Å². The fourth-order valence-electron chi connectivity index (χ4n) is 7.93. The summed E-state index contributed by atoms with van der Waals surface area (Å²) in [4.78, 5) is 23.2. The van der Waals surface area contributed by atoms with Gasteiger partial charge in [-0.05, 0) is 64.2 Å². The first-order valence-corrected chi connectivity index (χ1v) is 27.2. The van der Waals surface area contributed by atoms with Crippen LogP contribution in [0, 0.1) is 0 Å². The van der Waals surface area contributed by atoms with Gasteiger partial charge in [0.15, 0.2) is 0 Å². The molecular weight excluding hydrogens is 824 g/mol. The Bertz CT molecular complexity index is 1140. The molecular formula is C50H95O12P.